The number of nitrogens with one attached hydrogen (secondary N) is 3. The zero-order chi connectivity index (χ0) is 20.3. The second-order valence-electron chi connectivity index (χ2n) is 7.22. The van der Waals surface area contributed by atoms with Gasteiger partial charge in [-0.25, -0.2) is 9.18 Å². The molecule has 152 valence electrons. The Balaban J connectivity index is 2.59. The number of hydrogen-bond donors (Lipinski definition) is 3. The highest BCUT2D eigenvalue weighted by Crippen LogP contribution is 2.07. The molecule has 27 heavy (non-hydrogen) atoms. The van der Waals surface area contributed by atoms with E-state index in [2.05, 4.69) is 32.9 Å². The predicted octanol–water partition coefficient (Wildman–Crippen LogP) is 2.97. The van der Waals surface area contributed by atoms with Crippen LogP contribution < -0.4 is 16.0 Å². The fraction of sp³-hybridized carbons (Fsp3) is 0.632. The number of aromatic nitrogens is 1. The first-order chi connectivity index (χ1) is 12.7. The zero-order valence-electron chi connectivity index (χ0n) is 16.9. The molecular weight excluding hydrogens is 349 g/mol. The Morgan fingerprint density at radius 1 is 1.37 bits per heavy atom. The molecule has 0 aliphatic carbocycles. The molecule has 0 fully saturated rings. The molecule has 1 unspecified atom stereocenters. The van der Waals surface area contributed by atoms with E-state index in [4.69, 9.17) is 4.74 Å². The van der Waals surface area contributed by atoms with Crippen LogP contribution in [0.2, 0.25) is 0 Å². The third kappa shape index (κ3) is 9.77. The van der Waals surface area contributed by atoms with Gasteiger partial charge in [0, 0.05) is 25.8 Å². The van der Waals surface area contributed by atoms with E-state index in [0.717, 1.165) is 19.3 Å². The summed E-state index contributed by atoms with van der Waals surface area (Å²) in [5, 5.41) is 9.10. The summed E-state index contributed by atoms with van der Waals surface area (Å²) in [6, 6.07) is 2.89. The smallest absolute Gasteiger partial charge is 0.407 e. The largest absolute Gasteiger partial charge is 0.444 e. The van der Waals surface area contributed by atoms with Gasteiger partial charge in [0.2, 0.25) is 0 Å². The minimum absolute atomic E-state index is 0.0303. The Kier molecular flexibility index (Phi) is 9.53. The van der Waals surface area contributed by atoms with Crippen molar-refractivity contribution in [2.45, 2.75) is 65.1 Å². The number of carbonyl (C=O) groups is 1. The lowest BCUT2D eigenvalue weighted by Gasteiger charge is -2.24. The molecule has 1 rings (SSSR count). The Bertz CT molecular complexity index is 616. The van der Waals surface area contributed by atoms with Gasteiger partial charge in [-0.3, -0.25) is 9.98 Å². The number of rotatable bonds is 8. The molecule has 0 aliphatic heterocycles. The van der Waals surface area contributed by atoms with Crippen LogP contribution in [-0.4, -0.2) is 42.3 Å². The SMILES string of the molecule is CCCCC(CNC(=O)OC(C)(C)C)NC(=NC)NCc1ncccc1F. The van der Waals surface area contributed by atoms with E-state index >= 15 is 0 Å². The molecule has 1 amide bonds. The average Bonchev–Trinajstić information content (AvgIpc) is 2.60. The number of aliphatic imine (C=N–C) groups is 1. The quantitative estimate of drug-likeness (QED) is 0.476. The van der Waals surface area contributed by atoms with Gasteiger partial charge in [-0.05, 0) is 39.3 Å². The van der Waals surface area contributed by atoms with Crippen molar-refractivity contribution in [3.63, 3.8) is 0 Å². The topological polar surface area (TPSA) is 87.6 Å². The highest BCUT2D eigenvalue weighted by molar-refractivity contribution is 5.80. The highest BCUT2D eigenvalue weighted by atomic mass is 19.1. The summed E-state index contributed by atoms with van der Waals surface area (Å²) in [6.07, 6.45) is 3.98. The van der Waals surface area contributed by atoms with Gasteiger partial charge in [0.05, 0.1) is 12.2 Å². The van der Waals surface area contributed by atoms with Crippen molar-refractivity contribution in [1.82, 2.24) is 20.9 Å². The van der Waals surface area contributed by atoms with Crippen molar-refractivity contribution in [1.29, 1.82) is 0 Å². The molecule has 7 nitrogen and oxygen atoms in total. The zero-order valence-corrected chi connectivity index (χ0v) is 16.9. The Morgan fingerprint density at radius 3 is 2.70 bits per heavy atom. The fourth-order valence-electron chi connectivity index (χ4n) is 2.30. The lowest BCUT2D eigenvalue weighted by Crippen LogP contribution is -2.48. The molecule has 0 saturated carbocycles. The second-order valence-corrected chi connectivity index (χ2v) is 7.22. The van der Waals surface area contributed by atoms with Crippen LogP contribution >= 0.6 is 0 Å². The number of unbranched alkanes of at least 4 members (excludes halogenated alkanes) is 1. The minimum atomic E-state index is -0.541. The summed E-state index contributed by atoms with van der Waals surface area (Å²) in [4.78, 5) is 20.1. The predicted molar refractivity (Wildman–Crippen MR) is 105 cm³/mol. The molecule has 0 spiro atoms. The van der Waals surface area contributed by atoms with Crippen LogP contribution in [0.15, 0.2) is 23.3 Å². The standard InChI is InChI=1S/C19H32FN5O2/c1-6-7-9-14(12-24-18(26)27-19(2,3)4)25-17(21-5)23-13-16-15(20)10-8-11-22-16/h8,10-11,14H,6-7,9,12-13H2,1-5H3,(H,24,26)(H2,21,23,25). The number of nitrogens with zero attached hydrogens (tertiary/aromatic N) is 2. The molecule has 0 saturated heterocycles. The van der Waals surface area contributed by atoms with Crippen molar-refractivity contribution < 1.29 is 13.9 Å². The number of hydrogen-bond acceptors (Lipinski definition) is 4. The number of ether oxygens (including phenoxy) is 1. The number of amides is 1. The Labute approximate surface area is 161 Å². The highest BCUT2D eigenvalue weighted by Gasteiger charge is 2.18. The summed E-state index contributed by atoms with van der Waals surface area (Å²) >= 11 is 0. The minimum Gasteiger partial charge on any atom is -0.444 e. The van der Waals surface area contributed by atoms with Crippen molar-refractivity contribution in [3.05, 3.63) is 29.8 Å². The third-order valence-corrected chi connectivity index (χ3v) is 3.62. The van der Waals surface area contributed by atoms with Gasteiger partial charge in [-0.1, -0.05) is 19.8 Å². The molecule has 0 radical (unpaired) electrons. The van der Waals surface area contributed by atoms with Gasteiger partial charge in [0.1, 0.15) is 11.4 Å². The molecule has 8 heteroatoms. The molecule has 1 aromatic rings. The number of halogens is 1. The van der Waals surface area contributed by atoms with E-state index in [1.165, 1.54) is 6.07 Å². The van der Waals surface area contributed by atoms with Crippen LogP contribution in [0.1, 0.15) is 52.7 Å². The normalized spacial score (nSPS) is 13.0. The Hall–Kier alpha value is -2.38. The van der Waals surface area contributed by atoms with Gasteiger partial charge in [0.25, 0.3) is 0 Å². The summed E-state index contributed by atoms with van der Waals surface area (Å²) in [7, 11) is 1.64. The van der Waals surface area contributed by atoms with Crippen molar-refractivity contribution in [3.8, 4) is 0 Å². The first-order valence-corrected chi connectivity index (χ1v) is 9.28. The van der Waals surface area contributed by atoms with Crippen molar-refractivity contribution >= 4 is 12.1 Å². The third-order valence-electron chi connectivity index (χ3n) is 3.62. The van der Waals surface area contributed by atoms with Crippen molar-refractivity contribution in [2.75, 3.05) is 13.6 Å². The maximum Gasteiger partial charge on any atom is 0.407 e. The van der Waals surface area contributed by atoms with Gasteiger partial charge in [-0.2, -0.15) is 0 Å². The Morgan fingerprint density at radius 2 is 2.11 bits per heavy atom. The molecule has 1 atom stereocenters. The molecular formula is C19H32FN5O2. The molecule has 0 aliphatic rings. The summed E-state index contributed by atoms with van der Waals surface area (Å²) < 4.78 is 19.0. The molecule has 1 aromatic heterocycles. The summed E-state index contributed by atoms with van der Waals surface area (Å²) in [6.45, 7) is 8.18. The first-order valence-electron chi connectivity index (χ1n) is 9.28. The van der Waals surface area contributed by atoms with Crippen LogP contribution in [0.5, 0.6) is 0 Å². The molecule has 1 heterocycles. The lowest BCUT2D eigenvalue weighted by molar-refractivity contribution is 0.0523. The summed E-state index contributed by atoms with van der Waals surface area (Å²) in [5.74, 6) is 0.154. The average molecular weight is 381 g/mol. The van der Waals surface area contributed by atoms with Crippen LogP contribution in [0.4, 0.5) is 9.18 Å². The summed E-state index contributed by atoms with van der Waals surface area (Å²) in [5.41, 5.74) is -0.224. The second kappa shape index (κ2) is 11.4. The van der Waals surface area contributed by atoms with Crippen LogP contribution in [0.3, 0.4) is 0 Å². The molecule has 3 N–H and O–H groups in total. The van der Waals surface area contributed by atoms with E-state index in [-0.39, 0.29) is 18.4 Å². The number of alkyl carbamates (subject to hydrolysis) is 1. The van der Waals surface area contributed by atoms with Crippen LogP contribution in [-0.2, 0) is 11.3 Å². The van der Waals surface area contributed by atoms with E-state index in [1.54, 1.807) is 19.3 Å². The molecule has 0 aromatic carbocycles. The maximum absolute atomic E-state index is 13.7. The monoisotopic (exact) mass is 381 g/mol. The fourth-order valence-corrected chi connectivity index (χ4v) is 2.30. The van der Waals surface area contributed by atoms with E-state index in [0.29, 0.717) is 18.2 Å². The van der Waals surface area contributed by atoms with Gasteiger partial charge in [0.15, 0.2) is 5.96 Å². The van der Waals surface area contributed by atoms with E-state index in [1.807, 2.05) is 20.8 Å². The van der Waals surface area contributed by atoms with Crippen LogP contribution in [0.25, 0.3) is 0 Å². The number of carbonyl (C=O) groups excluding carboxylic acids is 1. The van der Waals surface area contributed by atoms with Gasteiger partial charge in [-0.15, -0.1) is 0 Å². The van der Waals surface area contributed by atoms with Gasteiger partial charge >= 0.3 is 6.09 Å². The molecule has 0 bridgehead atoms. The first kappa shape index (κ1) is 22.7. The number of pyridine rings is 1. The van der Waals surface area contributed by atoms with Crippen LogP contribution in [0, 0.1) is 5.82 Å². The maximum atomic E-state index is 13.7. The lowest BCUT2D eigenvalue weighted by atomic mass is 10.1. The number of guanidine groups is 1. The van der Waals surface area contributed by atoms with Crippen molar-refractivity contribution in [2.24, 2.45) is 4.99 Å². The van der Waals surface area contributed by atoms with Gasteiger partial charge < -0.3 is 20.7 Å². The van der Waals surface area contributed by atoms with E-state index < -0.39 is 11.7 Å². The van der Waals surface area contributed by atoms with E-state index in [9.17, 15) is 9.18 Å².